The van der Waals surface area contributed by atoms with Crippen LogP contribution in [0, 0.1) is 5.92 Å². The van der Waals surface area contributed by atoms with Gasteiger partial charge >= 0.3 is 5.97 Å². The van der Waals surface area contributed by atoms with Gasteiger partial charge in [0.1, 0.15) is 11.8 Å². The van der Waals surface area contributed by atoms with Gasteiger partial charge in [0.25, 0.3) is 5.91 Å². The molecule has 0 bridgehead atoms. The second kappa shape index (κ2) is 5.90. The first-order chi connectivity index (χ1) is 9.54. The van der Waals surface area contributed by atoms with Crippen molar-refractivity contribution in [3.8, 4) is 0 Å². The van der Waals surface area contributed by atoms with Crippen molar-refractivity contribution in [2.45, 2.75) is 26.3 Å². The summed E-state index contributed by atoms with van der Waals surface area (Å²) in [4.78, 5) is 26.2. The highest BCUT2D eigenvalue weighted by atomic mass is 16.5. The van der Waals surface area contributed by atoms with Gasteiger partial charge in [0.2, 0.25) is 0 Å². The Morgan fingerprint density at radius 3 is 2.70 bits per heavy atom. The summed E-state index contributed by atoms with van der Waals surface area (Å²) in [6.07, 6.45) is 0.796. The average Bonchev–Trinajstić information content (AvgIpc) is 2.46. The molecule has 1 amide bonds. The minimum atomic E-state index is -0.543. The van der Waals surface area contributed by atoms with E-state index >= 15 is 0 Å². The lowest BCUT2D eigenvalue weighted by atomic mass is 9.95. The van der Waals surface area contributed by atoms with Crippen molar-refractivity contribution in [1.29, 1.82) is 0 Å². The van der Waals surface area contributed by atoms with Crippen molar-refractivity contribution < 1.29 is 14.3 Å². The Kier molecular flexibility index (Phi) is 4.23. The first-order valence-corrected chi connectivity index (χ1v) is 6.80. The zero-order valence-corrected chi connectivity index (χ0v) is 11.8. The summed E-state index contributed by atoms with van der Waals surface area (Å²) in [5, 5.41) is 0. The summed E-state index contributed by atoms with van der Waals surface area (Å²) in [6, 6.07) is 8.42. The van der Waals surface area contributed by atoms with E-state index in [4.69, 9.17) is 4.74 Å². The average molecular weight is 273 g/mol. The topological polar surface area (TPSA) is 46.6 Å². The number of benzene rings is 1. The number of carbonyl (C=O) groups is 2. The number of ether oxygens (including phenoxy) is 1. The summed E-state index contributed by atoms with van der Waals surface area (Å²) in [5.41, 5.74) is 0.573. The van der Waals surface area contributed by atoms with E-state index in [0.717, 1.165) is 6.42 Å². The molecule has 2 unspecified atom stereocenters. The summed E-state index contributed by atoms with van der Waals surface area (Å²) >= 11 is 0. The van der Waals surface area contributed by atoms with Crippen LogP contribution in [0.1, 0.15) is 30.6 Å². The van der Waals surface area contributed by atoms with E-state index in [2.05, 4.69) is 6.58 Å². The predicted octanol–water partition coefficient (Wildman–Crippen LogP) is 2.61. The summed E-state index contributed by atoms with van der Waals surface area (Å²) in [5.74, 6) is -0.185. The van der Waals surface area contributed by atoms with Crippen LogP contribution in [-0.4, -0.2) is 29.4 Å². The molecule has 1 aliphatic heterocycles. The van der Waals surface area contributed by atoms with Crippen LogP contribution in [0.2, 0.25) is 0 Å². The Balaban J connectivity index is 2.32. The highest BCUT2D eigenvalue weighted by Crippen LogP contribution is 2.24. The van der Waals surface area contributed by atoms with Crippen molar-refractivity contribution in [2.75, 3.05) is 6.54 Å². The Bertz CT molecular complexity index is 524. The van der Waals surface area contributed by atoms with Crippen LogP contribution in [0.4, 0.5) is 0 Å². The smallest absolute Gasteiger partial charge is 0.334 e. The molecular weight excluding hydrogens is 254 g/mol. The first-order valence-electron chi connectivity index (χ1n) is 6.80. The zero-order chi connectivity index (χ0) is 14.7. The Morgan fingerprint density at radius 2 is 2.10 bits per heavy atom. The highest BCUT2D eigenvalue weighted by molar-refractivity contribution is 5.97. The van der Waals surface area contributed by atoms with Gasteiger partial charge in [0.15, 0.2) is 0 Å². The third-order valence-corrected chi connectivity index (χ3v) is 3.63. The lowest BCUT2D eigenvalue weighted by Crippen LogP contribution is -2.53. The van der Waals surface area contributed by atoms with Gasteiger partial charge in [-0.1, -0.05) is 45.0 Å². The third kappa shape index (κ3) is 2.74. The number of rotatable bonds is 3. The lowest BCUT2D eigenvalue weighted by Gasteiger charge is -2.37. The predicted molar refractivity (Wildman–Crippen MR) is 76.0 cm³/mol. The number of cyclic esters (lactones) is 1. The second-order valence-electron chi connectivity index (χ2n) is 5.09. The fourth-order valence-corrected chi connectivity index (χ4v) is 2.36. The maximum absolute atomic E-state index is 12.6. The molecule has 1 heterocycles. The van der Waals surface area contributed by atoms with Crippen LogP contribution in [0.3, 0.4) is 0 Å². The fraction of sp³-hybridized carbons (Fsp3) is 0.375. The quantitative estimate of drug-likeness (QED) is 0.795. The summed E-state index contributed by atoms with van der Waals surface area (Å²) in [6.45, 7) is 7.87. The first kappa shape index (κ1) is 14.3. The molecule has 0 aliphatic carbocycles. The molecule has 1 aliphatic rings. The normalized spacial score (nSPS) is 20.5. The van der Waals surface area contributed by atoms with E-state index < -0.39 is 6.04 Å². The number of hydrogen-bond acceptors (Lipinski definition) is 3. The van der Waals surface area contributed by atoms with Crippen molar-refractivity contribution in [1.82, 2.24) is 4.90 Å². The highest BCUT2D eigenvalue weighted by Gasteiger charge is 2.39. The zero-order valence-electron chi connectivity index (χ0n) is 11.8. The molecule has 106 valence electrons. The van der Waals surface area contributed by atoms with Crippen molar-refractivity contribution >= 4 is 11.9 Å². The molecule has 0 aromatic heterocycles. The van der Waals surface area contributed by atoms with Crippen molar-refractivity contribution in [3.05, 3.63) is 48.2 Å². The van der Waals surface area contributed by atoms with E-state index in [-0.39, 0.29) is 24.3 Å². The van der Waals surface area contributed by atoms with Crippen LogP contribution in [0.25, 0.3) is 0 Å². The number of hydrogen-bond donors (Lipinski definition) is 0. The molecule has 1 aromatic rings. The van der Waals surface area contributed by atoms with E-state index in [1.165, 1.54) is 0 Å². The Morgan fingerprint density at radius 1 is 1.45 bits per heavy atom. The van der Waals surface area contributed by atoms with Gasteiger partial charge in [0, 0.05) is 5.56 Å². The van der Waals surface area contributed by atoms with Gasteiger partial charge in [-0.2, -0.15) is 0 Å². The van der Waals surface area contributed by atoms with Crippen LogP contribution in [0.15, 0.2) is 42.7 Å². The van der Waals surface area contributed by atoms with E-state index in [9.17, 15) is 9.59 Å². The molecular formula is C16H19NO3. The van der Waals surface area contributed by atoms with Crippen molar-refractivity contribution in [2.24, 2.45) is 5.92 Å². The van der Waals surface area contributed by atoms with Crippen molar-refractivity contribution in [3.63, 3.8) is 0 Å². The lowest BCUT2D eigenvalue weighted by molar-refractivity contribution is -0.151. The number of amides is 1. The summed E-state index contributed by atoms with van der Waals surface area (Å²) in [7, 11) is 0. The standard InChI is InChI=1S/C16H19NO3/c1-4-11(2)14-16(19)20-12(3)10-17(14)15(18)13-8-6-5-7-9-13/h5-9,11,14H,3-4,10H2,1-2H3. The van der Waals surface area contributed by atoms with Crippen LogP contribution < -0.4 is 0 Å². The molecule has 1 saturated heterocycles. The van der Waals surface area contributed by atoms with Gasteiger partial charge in [-0.25, -0.2) is 4.79 Å². The number of esters is 1. The molecule has 20 heavy (non-hydrogen) atoms. The van der Waals surface area contributed by atoms with Crippen LogP contribution in [0.5, 0.6) is 0 Å². The molecule has 0 saturated carbocycles. The summed E-state index contributed by atoms with van der Waals surface area (Å²) < 4.78 is 5.11. The van der Waals surface area contributed by atoms with Gasteiger partial charge in [0.05, 0.1) is 6.54 Å². The van der Waals surface area contributed by atoms with E-state index in [1.54, 1.807) is 17.0 Å². The molecule has 0 spiro atoms. The Labute approximate surface area is 119 Å². The maximum Gasteiger partial charge on any atom is 0.334 e. The molecule has 4 nitrogen and oxygen atoms in total. The monoisotopic (exact) mass is 273 g/mol. The van der Waals surface area contributed by atoms with Crippen LogP contribution >= 0.6 is 0 Å². The minimum absolute atomic E-state index is 0.0447. The second-order valence-corrected chi connectivity index (χ2v) is 5.09. The van der Waals surface area contributed by atoms with Crippen LogP contribution in [-0.2, 0) is 9.53 Å². The molecule has 2 rings (SSSR count). The number of carbonyl (C=O) groups excluding carboxylic acids is 2. The number of morpholine rings is 1. The maximum atomic E-state index is 12.6. The van der Waals surface area contributed by atoms with Gasteiger partial charge in [-0.3, -0.25) is 4.79 Å². The Hall–Kier alpha value is -2.10. The molecule has 2 atom stereocenters. The fourth-order valence-electron chi connectivity index (χ4n) is 2.36. The molecule has 1 fully saturated rings. The number of nitrogens with zero attached hydrogens (tertiary/aromatic N) is 1. The van der Waals surface area contributed by atoms with Gasteiger partial charge < -0.3 is 9.64 Å². The third-order valence-electron chi connectivity index (χ3n) is 3.63. The molecule has 4 heteroatoms. The molecule has 0 N–H and O–H groups in total. The van der Waals surface area contributed by atoms with Gasteiger partial charge in [-0.15, -0.1) is 0 Å². The SMILES string of the molecule is C=C1CN(C(=O)c2ccccc2)C(C(C)CC)C(=O)O1. The molecule has 0 radical (unpaired) electrons. The van der Waals surface area contributed by atoms with E-state index in [0.29, 0.717) is 11.3 Å². The van der Waals surface area contributed by atoms with E-state index in [1.807, 2.05) is 32.0 Å². The molecule has 1 aromatic carbocycles. The largest absolute Gasteiger partial charge is 0.428 e. The minimum Gasteiger partial charge on any atom is -0.428 e. The van der Waals surface area contributed by atoms with Gasteiger partial charge in [-0.05, 0) is 18.1 Å².